The average molecular weight is 679 g/mol. The van der Waals surface area contributed by atoms with Crippen molar-refractivity contribution in [2.24, 2.45) is 0 Å². The maximum atomic E-state index is 5.71. The van der Waals surface area contributed by atoms with Crippen LogP contribution in [-0.2, 0) is 0 Å². The molecule has 1 aromatic heterocycles. The third kappa shape index (κ3) is 9.49. The monoisotopic (exact) mass is 678 g/mol. The van der Waals surface area contributed by atoms with E-state index in [9.17, 15) is 0 Å². The second-order valence-corrected chi connectivity index (χ2v) is 12.2. The van der Waals surface area contributed by atoms with Crippen molar-refractivity contribution in [3.05, 3.63) is 211 Å². The number of aromatic nitrogens is 2. The van der Waals surface area contributed by atoms with Crippen molar-refractivity contribution in [1.29, 1.82) is 0 Å². The van der Waals surface area contributed by atoms with Crippen LogP contribution in [0.15, 0.2) is 205 Å². The molecule has 52 heavy (non-hydrogen) atoms. The van der Waals surface area contributed by atoms with Crippen molar-refractivity contribution in [3.8, 4) is 22.9 Å². The first-order valence-electron chi connectivity index (χ1n) is 17.3. The van der Waals surface area contributed by atoms with Crippen LogP contribution in [0.3, 0.4) is 0 Å². The molecule has 5 heteroatoms. The Labute approximate surface area is 307 Å². The van der Waals surface area contributed by atoms with Gasteiger partial charge in [-0.3, -0.25) is 0 Å². The molecule has 8 rings (SSSR count). The summed E-state index contributed by atoms with van der Waals surface area (Å²) in [6.45, 7) is 4.10. The molecule has 5 nitrogen and oxygen atoms in total. The van der Waals surface area contributed by atoms with Crippen LogP contribution >= 0.6 is 0 Å². The van der Waals surface area contributed by atoms with Gasteiger partial charge < -0.3 is 14.2 Å². The van der Waals surface area contributed by atoms with Gasteiger partial charge in [0.1, 0.15) is 0 Å². The SMILES string of the molecule is CN(c1ccccc1)c1ccccc1.Cc1ccc(-c2nnc(-c3ccc(C)cc3)o2)cc1.c1ccc(N(c2ccccc2)c2ccccc2)cc1. The predicted octanol–water partition coefficient (Wildman–Crippen LogP) is 12.6. The molecule has 0 bridgehead atoms. The second kappa shape index (κ2) is 17.8. The van der Waals surface area contributed by atoms with Crippen molar-refractivity contribution >= 4 is 28.4 Å². The van der Waals surface area contributed by atoms with Crippen molar-refractivity contribution in [2.45, 2.75) is 13.8 Å². The molecule has 0 saturated carbocycles. The van der Waals surface area contributed by atoms with Gasteiger partial charge in [0, 0.05) is 46.6 Å². The lowest BCUT2D eigenvalue weighted by atomic mass is 10.1. The second-order valence-electron chi connectivity index (χ2n) is 12.2. The summed E-state index contributed by atoms with van der Waals surface area (Å²) in [6.07, 6.45) is 0. The molecule has 256 valence electrons. The topological polar surface area (TPSA) is 45.4 Å². The van der Waals surface area contributed by atoms with E-state index in [1.165, 1.54) is 39.6 Å². The molecule has 0 fully saturated rings. The van der Waals surface area contributed by atoms with E-state index < -0.39 is 0 Å². The minimum atomic E-state index is 0.551. The number of rotatable bonds is 7. The number of benzene rings is 7. The normalized spacial score (nSPS) is 10.2. The summed E-state index contributed by atoms with van der Waals surface area (Å²) in [4.78, 5) is 4.42. The number of para-hydroxylation sites is 5. The Balaban J connectivity index is 0.000000136. The number of anilines is 5. The molecular formula is C47H42N4O. The van der Waals surface area contributed by atoms with Gasteiger partial charge in [-0.05, 0) is 98.8 Å². The van der Waals surface area contributed by atoms with E-state index in [-0.39, 0.29) is 0 Å². The lowest BCUT2D eigenvalue weighted by Gasteiger charge is -2.25. The zero-order valence-electron chi connectivity index (χ0n) is 29.7. The summed E-state index contributed by atoms with van der Waals surface area (Å²) in [7, 11) is 2.07. The quantitative estimate of drug-likeness (QED) is 0.168. The van der Waals surface area contributed by atoms with Crippen LogP contribution < -0.4 is 9.80 Å². The number of aryl methyl sites for hydroxylation is 2. The van der Waals surface area contributed by atoms with Crippen molar-refractivity contribution < 1.29 is 4.42 Å². The summed E-state index contributed by atoms with van der Waals surface area (Å²) >= 11 is 0. The van der Waals surface area contributed by atoms with Crippen LogP contribution in [0.4, 0.5) is 28.4 Å². The number of hydrogen-bond acceptors (Lipinski definition) is 5. The third-order valence-electron chi connectivity index (χ3n) is 8.35. The van der Waals surface area contributed by atoms with Gasteiger partial charge in [0.05, 0.1) is 0 Å². The minimum absolute atomic E-state index is 0.551. The highest BCUT2D eigenvalue weighted by Gasteiger charge is 2.11. The van der Waals surface area contributed by atoms with E-state index in [1.807, 2.05) is 78.9 Å². The third-order valence-corrected chi connectivity index (χ3v) is 8.35. The molecule has 7 aromatic carbocycles. The summed E-state index contributed by atoms with van der Waals surface area (Å²) in [5.41, 5.74) is 10.2. The highest BCUT2D eigenvalue weighted by Crippen LogP contribution is 2.33. The van der Waals surface area contributed by atoms with Crippen LogP contribution in [0.2, 0.25) is 0 Å². The molecule has 0 N–H and O–H groups in total. The predicted molar refractivity (Wildman–Crippen MR) is 217 cm³/mol. The van der Waals surface area contributed by atoms with Gasteiger partial charge in [0.2, 0.25) is 11.8 Å². The number of nitrogens with zero attached hydrogens (tertiary/aromatic N) is 4. The fourth-order valence-electron chi connectivity index (χ4n) is 5.48. The lowest BCUT2D eigenvalue weighted by molar-refractivity contribution is 0.584. The van der Waals surface area contributed by atoms with Crippen molar-refractivity contribution in [1.82, 2.24) is 10.2 Å². The lowest BCUT2D eigenvalue weighted by Crippen LogP contribution is -2.09. The van der Waals surface area contributed by atoms with Crippen molar-refractivity contribution in [2.75, 3.05) is 16.8 Å². The first kappa shape index (κ1) is 35.1. The van der Waals surface area contributed by atoms with Crippen LogP contribution in [0.25, 0.3) is 22.9 Å². The summed E-state index contributed by atoms with van der Waals surface area (Å²) < 4.78 is 5.71. The number of hydrogen-bond donors (Lipinski definition) is 0. The molecule has 0 radical (unpaired) electrons. The van der Waals surface area contributed by atoms with Gasteiger partial charge in [-0.25, -0.2) is 0 Å². The Kier molecular flexibility index (Phi) is 12.0. The molecule has 0 aliphatic carbocycles. The van der Waals surface area contributed by atoms with E-state index in [2.05, 4.69) is 162 Å². The van der Waals surface area contributed by atoms with Gasteiger partial charge in [-0.1, -0.05) is 126 Å². The first-order valence-corrected chi connectivity index (χ1v) is 17.3. The highest BCUT2D eigenvalue weighted by molar-refractivity contribution is 5.76. The fourth-order valence-corrected chi connectivity index (χ4v) is 5.48. The Morgan fingerprint density at radius 1 is 0.346 bits per heavy atom. The Bertz CT molecular complexity index is 1990. The van der Waals surface area contributed by atoms with Crippen LogP contribution in [-0.4, -0.2) is 17.2 Å². The van der Waals surface area contributed by atoms with E-state index >= 15 is 0 Å². The first-order chi connectivity index (χ1) is 25.5. The van der Waals surface area contributed by atoms with Crippen LogP contribution in [0.1, 0.15) is 11.1 Å². The zero-order valence-corrected chi connectivity index (χ0v) is 29.7. The molecule has 0 aliphatic heterocycles. The molecular weight excluding hydrogens is 637 g/mol. The van der Waals surface area contributed by atoms with Gasteiger partial charge in [0.25, 0.3) is 0 Å². The van der Waals surface area contributed by atoms with E-state index in [1.54, 1.807) is 0 Å². The molecule has 8 aromatic rings. The summed E-state index contributed by atoms with van der Waals surface area (Å²) in [6, 6.07) is 68.0. The minimum Gasteiger partial charge on any atom is -0.416 e. The van der Waals surface area contributed by atoms with Gasteiger partial charge >= 0.3 is 0 Å². The van der Waals surface area contributed by atoms with E-state index in [4.69, 9.17) is 4.42 Å². The van der Waals surface area contributed by atoms with E-state index in [0.717, 1.165) is 11.1 Å². The van der Waals surface area contributed by atoms with Crippen LogP contribution in [0, 0.1) is 13.8 Å². The fraction of sp³-hybridized carbons (Fsp3) is 0.0638. The van der Waals surface area contributed by atoms with E-state index in [0.29, 0.717) is 11.8 Å². The molecule has 0 unspecified atom stereocenters. The van der Waals surface area contributed by atoms with Crippen LogP contribution in [0.5, 0.6) is 0 Å². The van der Waals surface area contributed by atoms with Gasteiger partial charge in [-0.15, -0.1) is 10.2 Å². The summed E-state index contributed by atoms with van der Waals surface area (Å²) in [5.74, 6) is 1.10. The van der Waals surface area contributed by atoms with Gasteiger partial charge in [0.15, 0.2) is 0 Å². The van der Waals surface area contributed by atoms with Gasteiger partial charge in [-0.2, -0.15) is 0 Å². The molecule has 0 aliphatic rings. The Morgan fingerprint density at radius 2 is 0.615 bits per heavy atom. The molecule has 1 heterocycles. The summed E-state index contributed by atoms with van der Waals surface area (Å²) in [5, 5.41) is 8.20. The van der Waals surface area contributed by atoms with Crippen molar-refractivity contribution in [3.63, 3.8) is 0 Å². The largest absolute Gasteiger partial charge is 0.416 e. The standard InChI is InChI=1S/C18H15N.C16H14N2O.C13H13N/c1-4-10-16(11-5-1)19(17-12-6-2-7-13-17)18-14-8-3-9-15-18;1-11-3-7-13(8-4-11)15-17-18-16(19-15)14-9-5-12(2)6-10-14;1-14(12-8-4-2-5-9-12)13-10-6-3-7-11-13/h1-15H;3-10H,1-2H3;2-11H,1H3. The maximum absolute atomic E-state index is 5.71. The molecule has 0 amide bonds. The Hall–Kier alpha value is -6.72. The zero-order chi connectivity index (χ0) is 36.0. The molecule has 0 saturated heterocycles. The smallest absolute Gasteiger partial charge is 0.248 e. The highest BCUT2D eigenvalue weighted by atomic mass is 16.4. The average Bonchev–Trinajstić information content (AvgIpc) is 3.71. The molecule has 0 atom stereocenters. The Morgan fingerprint density at radius 3 is 0.904 bits per heavy atom. The molecule has 0 spiro atoms. The maximum Gasteiger partial charge on any atom is 0.248 e.